The first-order valence-corrected chi connectivity index (χ1v) is 10.1. The van der Waals surface area contributed by atoms with Crippen molar-refractivity contribution in [2.24, 2.45) is 16.8 Å². The molecule has 2 unspecified atom stereocenters. The van der Waals surface area contributed by atoms with Crippen LogP contribution in [0, 0.1) is 11.8 Å². The van der Waals surface area contributed by atoms with Gasteiger partial charge in [-0.1, -0.05) is 20.8 Å². The molecule has 28 heavy (non-hydrogen) atoms. The number of guanidine groups is 1. The zero-order chi connectivity index (χ0) is 20.4. The van der Waals surface area contributed by atoms with Crippen molar-refractivity contribution in [3.05, 3.63) is 0 Å². The molecule has 1 N–H and O–H groups in total. The lowest BCUT2D eigenvalue weighted by Gasteiger charge is -2.26. The van der Waals surface area contributed by atoms with E-state index in [-0.39, 0.29) is 36.0 Å². The van der Waals surface area contributed by atoms with E-state index in [4.69, 9.17) is 4.74 Å². The quantitative estimate of drug-likeness (QED) is 0.269. The minimum Gasteiger partial charge on any atom is -0.378 e. The third-order valence-electron chi connectivity index (χ3n) is 5.00. The highest BCUT2D eigenvalue weighted by atomic mass is 127. The summed E-state index contributed by atoms with van der Waals surface area (Å²) in [7, 11) is 1.75. The maximum Gasteiger partial charge on any atom is 0.401 e. The van der Waals surface area contributed by atoms with Crippen LogP contribution in [-0.2, 0) is 4.74 Å². The van der Waals surface area contributed by atoms with Crippen molar-refractivity contribution >= 4 is 29.9 Å². The van der Waals surface area contributed by atoms with Gasteiger partial charge in [-0.25, -0.2) is 0 Å². The summed E-state index contributed by atoms with van der Waals surface area (Å²) in [4.78, 5) is 7.98. The molecule has 0 aromatic rings. The van der Waals surface area contributed by atoms with Crippen LogP contribution in [0.2, 0.25) is 0 Å². The van der Waals surface area contributed by atoms with Gasteiger partial charge < -0.3 is 15.0 Å². The Labute approximate surface area is 185 Å². The molecule has 1 aliphatic heterocycles. The Morgan fingerprint density at radius 1 is 1.32 bits per heavy atom. The molecule has 168 valence electrons. The number of rotatable bonds is 10. The molecule has 2 atom stereocenters. The first-order valence-electron chi connectivity index (χ1n) is 10.1. The van der Waals surface area contributed by atoms with Crippen LogP contribution in [0.25, 0.3) is 0 Å². The number of likely N-dealkylation sites (tertiary alicyclic amines) is 1. The number of alkyl halides is 3. The molecular formula is C19H38F3IN4O. The first-order chi connectivity index (χ1) is 12.7. The molecular weight excluding hydrogens is 484 g/mol. The predicted octanol–water partition coefficient (Wildman–Crippen LogP) is 3.84. The van der Waals surface area contributed by atoms with Crippen molar-refractivity contribution < 1.29 is 17.9 Å². The van der Waals surface area contributed by atoms with Gasteiger partial charge in [0.05, 0.1) is 12.6 Å². The fraction of sp³-hybridized carbons (Fsp3) is 0.947. The van der Waals surface area contributed by atoms with E-state index in [2.05, 4.69) is 29.1 Å². The number of halogens is 4. The lowest BCUT2D eigenvalue weighted by molar-refractivity contribution is -0.146. The summed E-state index contributed by atoms with van der Waals surface area (Å²) in [5, 5.41) is 3.38. The second-order valence-corrected chi connectivity index (χ2v) is 7.54. The van der Waals surface area contributed by atoms with E-state index in [9.17, 15) is 13.2 Å². The van der Waals surface area contributed by atoms with Crippen molar-refractivity contribution in [2.45, 2.75) is 52.8 Å². The molecule has 0 aromatic carbocycles. The normalized spacial score (nSPS) is 19.3. The lowest BCUT2D eigenvalue weighted by Crippen LogP contribution is -2.42. The average Bonchev–Trinajstić information content (AvgIpc) is 3.04. The number of nitrogens with one attached hydrogen (secondary N) is 1. The molecule has 1 heterocycles. The van der Waals surface area contributed by atoms with Crippen molar-refractivity contribution in [3.63, 3.8) is 0 Å². The second-order valence-electron chi connectivity index (χ2n) is 7.54. The summed E-state index contributed by atoms with van der Waals surface area (Å²) >= 11 is 0. The first kappa shape index (κ1) is 27.7. The van der Waals surface area contributed by atoms with Gasteiger partial charge >= 0.3 is 6.18 Å². The van der Waals surface area contributed by atoms with Crippen LogP contribution in [0.3, 0.4) is 0 Å². The summed E-state index contributed by atoms with van der Waals surface area (Å²) < 4.78 is 43.7. The van der Waals surface area contributed by atoms with E-state index in [0.29, 0.717) is 25.6 Å². The summed E-state index contributed by atoms with van der Waals surface area (Å²) in [6.07, 6.45) is -2.13. The highest BCUT2D eigenvalue weighted by Gasteiger charge is 2.33. The molecule has 0 aromatic heterocycles. The number of nitrogens with zero attached hydrogens (tertiary/aromatic N) is 3. The Morgan fingerprint density at radius 3 is 2.50 bits per heavy atom. The molecule has 9 heteroatoms. The van der Waals surface area contributed by atoms with Gasteiger partial charge in [-0.15, -0.1) is 24.0 Å². The molecule has 1 fully saturated rings. The van der Waals surface area contributed by atoms with Gasteiger partial charge in [-0.05, 0) is 38.1 Å². The molecule has 0 aliphatic carbocycles. The lowest BCUT2D eigenvalue weighted by atomic mass is 10.0. The Morgan fingerprint density at radius 2 is 2.00 bits per heavy atom. The standard InChI is InChI=1S/C19H37F3N4O.HI/c1-6-25(14-19(20,21)22)12-16-9-11-26(13-16)18(23-5)24-10-8-17(15(3)4)27-7-2;/h15-17H,6-14H2,1-5H3,(H,23,24);1H. The molecule has 1 aliphatic rings. The molecule has 0 bridgehead atoms. The Balaban J connectivity index is 0.00000729. The molecule has 0 radical (unpaired) electrons. The van der Waals surface area contributed by atoms with Crippen LogP contribution < -0.4 is 5.32 Å². The van der Waals surface area contributed by atoms with Crippen LogP contribution in [0.15, 0.2) is 4.99 Å². The average molecular weight is 522 g/mol. The maximum absolute atomic E-state index is 12.7. The summed E-state index contributed by atoms with van der Waals surface area (Å²) in [6.45, 7) is 11.2. The minimum atomic E-state index is -4.14. The molecule has 0 amide bonds. The van der Waals surface area contributed by atoms with E-state index >= 15 is 0 Å². The van der Waals surface area contributed by atoms with Gasteiger partial charge in [0, 0.05) is 39.8 Å². The SMILES string of the molecule is CCOC(CCNC(=NC)N1CCC(CN(CC)CC(F)(F)F)C1)C(C)C.I. The summed E-state index contributed by atoms with van der Waals surface area (Å²) in [5.74, 6) is 1.52. The van der Waals surface area contributed by atoms with E-state index in [0.717, 1.165) is 38.4 Å². The van der Waals surface area contributed by atoms with Gasteiger partial charge in [0.25, 0.3) is 0 Å². The number of aliphatic imine (C=N–C) groups is 1. The van der Waals surface area contributed by atoms with Gasteiger partial charge in [0.15, 0.2) is 5.96 Å². The Bertz CT molecular complexity index is 449. The maximum atomic E-state index is 12.7. The zero-order valence-electron chi connectivity index (χ0n) is 17.9. The van der Waals surface area contributed by atoms with E-state index in [1.165, 1.54) is 4.90 Å². The summed E-state index contributed by atoms with van der Waals surface area (Å²) in [6, 6.07) is 0. The largest absolute Gasteiger partial charge is 0.401 e. The third-order valence-corrected chi connectivity index (χ3v) is 5.00. The number of hydrogen-bond donors (Lipinski definition) is 1. The molecule has 1 saturated heterocycles. The molecule has 1 rings (SSSR count). The minimum absolute atomic E-state index is 0. The van der Waals surface area contributed by atoms with Crippen molar-refractivity contribution in [2.75, 3.05) is 52.9 Å². The van der Waals surface area contributed by atoms with Gasteiger partial charge in [-0.3, -0.25) is 9.89 Å². The van der Waals surface area contributed by atoms with Crippen molar-refractivity contribution in [1.82, 2.24) is 15.1 Å². The second kappa shape index (κ2) is 13.8. The molecule has 5 nitrogen and oxygen atoms in total. The predicted molar refractivity (Wildman–Crippen MR) is 119 cm³/mol. The van der Waals surface area contributed by atoms with E-state index < -0.39 is 12.7 Å². The highest BCUT2D eigenvalue weighted by molar-refractivity contribution is 14.0. The van der Waals surface area contributed by atoms with Crippen LogP contribution in [0.1, 0.15) is 40.5 Å². The van der Waals surface area contributed by atoms with Gasteiger partial charge in [0.2, 0.25) is 0 Å². The zero-order valence-corrected chi connectivity index (χ0v) is 20.2. The Hall–Kier alpha value is -0.290. The van der Waals surface area contributed by atoms with Crippen molar-refractivity contribution in [1.29, 1.82) is 0 Å². The molecule has 0 saturated carbocycles. The summed E-state index contributed by atoms with van der Waals surface area (Å²) in [5.41, 5.74) is 0. The molecule has 0 spiro atoms. The topological polar surface area (TPSA) is 40.1 Å². The van der Waals surface area contributed by atoms with Crippen molar-refractivity contribution in [3.8, 4) is 0 Å². The van der Waals surface area contributed by atoms with Crippen LogP contribution >= 0.6 is 24.0 Å². The number of hydrogen-bond acceptors (Lipinski definition) is 3. The van der Waals surface area contributed by atoms with E-state index in [1.54, 1.807) is 14.0 Å². The Kier molecular flexibility index (Phi) is 13.7. The van der Waals surface area contributed by atoms with Crippen LogP contribution in [-0.4, -0.2) is 81.0 Å². The van der Waals surface area contributed by atoms with Crippen LogP contribution in [0.4, 0.5) is 13.2 Å². The fourth-order valence-corrected chi connectivity index (χ4v) is 3.58. The third kappa shape index (κ3) is 10.5. The fourth-order valence-electron chi connectivity index (χ4n) is 3.58. The monoisotopic (exact) mass is 522 g/mol. The van der Waals surface area contributed by atoms with Gasteiger partial charge in [-0.2, -0.15) is 13.2 Å². The van der Waals surface area contributed by atoms with Gasteiger partial charge in [0.1, 0.15) is 0 Å². The smallest absolute Gasteiger partial charge is 0.378 e. The highest BCUT2D eigenvalue weighted by Crippen LogP contribution is 2.21. The number of ether oxygens (including phenoxy) is 1. The van der Waals surface area contributed by atoms with E-state index in [1.807, 2.05) is 6.92 Å². The van der Waals surface area contributed by atoms with Crippen LogP contribution in [0.5, 0.6) is 0 Å².